The second-order valence-corrected chi connectivity index (χ2v) is 12.5. The molecule has 1 spiro atoms. The van der Waals surface area contributed by atoms with E-state index >= 15 is 0 Å². The maximum atomic E-state index is 2.59. The van der Waals surface area contributed by atoms with Crippen molar-refractivity contribution in [2.45, 2.75) is 82.5 Å². The monoisotopic (exact) mass is 475 g/mol. The van der Waals surface area contributed by atoms with E-state index in [0.29, 0.717) is 5.92 Å². The highest BCUT2D eigenvalue weighted by Gasteiger charge is 2.55. The molecule has 4 aliphatic rings. The summed E-state index contributed by atoms with van der Waals surface area (Å²) in [5.41, 5.74) is 10.6. The van der Waals surface area contributed by atoms with Gasteiger partial charge in [-0.3, -0.25) is 0 Å². The molecule has 0 saturated heterocycles. The Morgan fingerprint density at radius 2 is 1.50 bits per heavy atom. The Hall–Kier alpha value is -2.54. The van der Waals surface area contributed by atoms with Gasteiger partial charge in [0.05, 0.1) is 0 Å². The third kappa shape index (κ3) is 3.34. The molecule has 2 bridgehead atoms. The van der Waals surface area contributed by atoms with Crippen LogP contribution in [0.3, 0.4) is 0 Å². The molecular weight excluding hydrogens is 434 g/mol. The fourth-order valence-corrected chi connectivity index (χ4v) is 9.09. The summed E-state index contributed by atoms with van der Waals surface area (Å²) in [6.07, 6.45) is 13.9. The van der Waals surface area contributed by atoms with Crippen molar-refractivity contribution in [3.63, 3.8) is 0 Å². The van der Waals surface area contributed by atoms with Gasteiger partial charge in [-0.15, -0.1) is 0 Å². The molecule has 4 unspecified atom stereocenters. The molecular formula is C35H41N. The Kier molecular flexibility index (Phi) is 5.53. The summed E-state index contributed by atoms with van der Waals surface area (Å²) >= 11 is 0. The number of anilines is 2. The van der Waals surface area contributed by atoms with Crippen LogP contribution in [-0.4, -0.2) is 7.05 Å². The number of hydrogen-bond donors (Lipinski definition) is 0. The molecule has 1 nitrogen and oxygen atoms in total. The minimum absolute atomic E-state index is 0.184. The second-order valence-electron chi connectivity index (χ2n) is 12.5. The first-order valence-corrected chi connectivity index (χ1v) is 14.7. The fraction of sp³-hybridized carbons (Fsp3) is 0.486. The van der Waals surface area contributed by atoms with Crippen molar-refractivity contribution in [2.75, 3.05) is 11.9 Å². The molecule has 0 amide bonds. The van der Waals surface area contributed by atoms with E-state index in [0.717, 1.165) is 17.8 Å². The molecule has 3 aromatic rings. The average Bonchev–Trinajstić information content (AvgIpc) is 3.23. The Balaban J connectivity index is 1.31. The van der Waals surface area contributed by atoms with E-state index < -0.39 is 0 Å². The van der Waals surface area contributed by atoms with E-state index in [9.17, 15) is 0 Å². The van der Waals surface area contributed by atoms with Crippen LogP contribution in [-0.2, 0) is 5.41 Å². The van der Waals surface area contributed by atoms with Crippen LogP contribution >= 0.6 is 0 Å². The van der Waals surface area contributed by atoms with Gasteiger partial charge < -0.3 is 4.90 Å². The van der Waals surface area contributed by atoms with Crippen molar-refractivity contribution in [1.82, 2.24) is 0 Å². The smallest absolute Gasteiger partial charge is 0.0411 e. The van der Waals surface area contributed by atoms with Crippen molar-refractivity contribution in [3.05, 3.63) is 83.4 Å². The lowest BCUT2D eigenvalue weighted by atomic mass is 9.51. The predicted molar refractivity (Wildman–Crippen MR) is 152 cm³/mol. The predicted octanol–water partition coefficient (Wildman–Crippen LogP) is 9.61. The molecule has 4 atom stereocenters. The van der Waals surface area contributed by atoms with E-state index in [-0.39, 0.29) is 5.41 Å². The molecule has 3 fully saturated rings. The van der Waals surface area contributed by atoms with Gasteiger partial charge in [-0.2, -0.15) is 0 Å². The second kappa shape index (κ2) is 8.79. The third-order valence-corrected chi connectivity index (χ3v) is 10.7. The standard InChI is InChI=1S/C35H41N/c1-24-20-25-10-8-14-28(21-25)35(24)33-17-7-6-16-31(33)32-19-18-30(23-34(32)35)36(2)29-15-9-13-27(22-29)26-11-4-3-5-12-26/h6-7,9,13,15-19,22-26,28H,3-5,8,10-12,14,20-21H2,1-2H3. The lowest BCUT2D eigenvalue weighted by Gasteiger charge is -2.53. The van der Waals surface area contributed by atoms with Gasteiger partial charge in [0.15, 0.2) is 0 Å². The molecule has 4 aliphatic carbocycles. The molecule has 186 valence electrons. The van der Waals surface area contributed by atoms with Crippen molar-refractivity contribution < 1.29 is 0 Å². The van der Waals surface area contributed by atoms with Crippen molar-refractivity contribution >= 4 is 11.4 Å². The van der Waals surface area contributed by atoms with Gasteiger partial charge in [0.25, 0.3) is 0 Å². The number of fused-ring (bicyclic) bond motifs is 8. The first-order valence-electron chi connectivity index (χ1n) is 14.7. The summed E-state index contributed by atoms with van der Waals surface area (Å²) in [6.45, 7) is 2.57. The summed E-state index contributed by atoms with van der Waals surface area (Å²) < 4.78 is 0. The zero-order chi connectivity index (χ0) is 24.3. The van der Waals surface area contributed by atoms with Gasteiger partial charge in [0, 0.05) is 23.8 Å². The van der Waals surface area contributed by atoms with Crippen LogP contribution in [0, 0.1) is 17.8 Å². The van der Waals surface area contributed by atoms with Crippen molar-refractivity contribution in [3.8, 4) is 11.1 Å². The van der Waals surface area contributed by atoms with Crippen LogP contribution in [0.2, 0.25) is 0 Å². The lowest BCUT2D eigenvalue weighted by molar-refractivity contribution is 0.0670. The molecule has 1 heteroatoms. The minimum atomic E-state index is 0.184. The quantitative estimate of drug-likeness (QED) is 0.364. The lowest BCUT2D eigenvalue weighted by Crippen LogP contribution is -2.48. The van der Waals surface area contributed by atoms with Crippen molar-refractivity contribution in [1.29, 1.82) is 0 Å². The normalized spacial score (nSPS) is 29.1. The van der Waals surface area contributed by atoms with Gasteiger partial charge in [-0.05, 0) is 108 Å². The first-order chi connectivity index (χ1) is 17.7. The average molecular weight is 476 g/mol. The highest BCUT2D eigenvalue weighted by atomic mass is 15.1. The fourth-order valence-electron chi connectivity index (χ4n) is 9.09. The highest BCUT2D eigenvalue weighted by Crippen LogP contribution is 2.64. The van der Waals surface area contributed by atoms with Crippen LogP contribution in [0.5, 0.6) is 0 Å². The summed E-state index contributed by atoms with van der Waals surface area (Å²) in [5, 5.41) is 0. The maximum absolute atomic E-state index is 2.59. The molecule has 0 aliphatic heterocycles. The number of nitrogens with zero attached hydrogens (tertiary/aromatic N) is 1. The van der Waals surface area contributed by atoms with E-state index in [1.54, 1.807) is 16.7 Å². The van der Waals surface area contributed by atoms with E-state index in [2.05, 4.69) is 85.6 Å². The zero-order valence-corrected chi connectivity index (χ0v) is 22.2. The molecule has 0 heterocycles. The minimum Gasteiger partial charge on any atom is -0.345 e. The van der Waals surface area contributed by atoms with Crippen LogP contribution in [0.15, 0.2) is 66.7 Å². The summed E-state index contributed by atoms with van der Waals surface area (Å²) in [5.74, 6) is 3.15. The Bertz CT molecular complexity index is 1270. The highest BCUT2D eigenvalue weighted by molar-refractivity contribution is 5.84. The number of benzene rings is 3. The summed E-state index contributed by atoms with van der Waals surface area (Å²) in [7, 11) is 2.28. The van der Waals surface area contributed by atoms with Gasteiger partial charge in [0.2, 0.25) is 0 Å². The Morgan fingerprint density at radius 3 is 2.39 bits per heavy atom. The zero-order valence-electron chi connectivity index (χ0n) is 22.2. The van der Waals surface area contributed by atoms with Crippen LogP contribution < -0.4 is 4.90 Å². The first kappa shape index (κ1) is 22.6. The van der Waals surface area contributed by atoms with Gasteiger partial charge in [-0.25, -0.2) is 0 Å². The van der Waals surface area contributed by atoms with Crippen LogP contribution in [0.4, 0.5) is 11.4 Å². The topological polar surface area (TPSA) is 3.24 Å². The van der Waals surface area contributed by atoms with E-state index in [1.807, 2.05) is 0 Å². The van der Waals surface area contributed by atoms with Gasteiger partial charge >= 0.3 is 0 Å². The van der Waals surface area contributed by atoms with E-state index in [4.69, 9.17) is 0 Å². The number of hydrogen-bond acceptors (Lipinski definition) is 1. The van der Waals surface area contributed by atoms with Crippen LogP contribution in [0.25, 0.3) is 11.1 Å². The largest absolute Gasteiger partial charge is 0.345 e. The molecule has 0 aromatic heterocycles. The molecule has 7 rings (SSSR count). The molecule has 3 saturated carbocycles. The maximum Gasteiger partial charge on any atom is 0.0411 e. The summed E-state index contributed by atoms with van der Waals surface area (Å²) in [4.78, 5) is 2.44. The van der Waals surface area contributed by atoms with Crippen molar-refractivity contribution in [2.24, 2.45) is 17.8 Å². The van der Waals surface area contributed by atoms with Gasteiger partial charge in [0.1, 0.15) is 0 Å². The van der Waals surface area contributed by atoms with Crippen LogP contribution in [0.1, 0.15) is 93.7 Å². The van der Waals surface area contributed by atoms with Gasteiger partial charge in [-0.1, -0.05) is 81.5 Å². The number of rotatable bonds is 3. The summed E-state index contributed by atoms with van der Waals surface area (Å²) in [6, 6.07) is 26.2. The third-order valence-electron chi connectivity index (χ3n) is 10.7. The Labute approximate surface area is 217 Å². The van der Waals surface area contributed by atoms with E-state index in [1.165, 1.54) is 86.7 Å². The Morgan fingerprint density at radius 1 is 0.694 bits per heavy atom. The molecule has 3 aromatic carbocycles. The SMILES string of the molecule is CC1CC2CCCC(C2)C12c1ccccc1-c1ccc(N(C)c3cccc(C4CCCCC4)c3)cc12. The molecule has 0 N–H and O–H groups in total. The molecule has 36 heavy (non-hydrogen) atoms. The molecule has 0 radical (unpaired) electrons.